The number of hydrogen-bond donors (Lipinski definition) is 2. The Morgan fingerprint density at radius 2 is 1.57 bits per heavy atom. The molecule has 2 aromatic rings. The second kappa shape index (κ2) is 7.39. The lowest BCUT2D eigenvalue weighted by Gasteiger charge is -2.09. The van der Waals surface area contributed by atoms with E-state index in [1.807, 2.05) is 32.0 Å². The highest BCUT2D eigenvalue weighted by Gasteiger charge is 2.09. The van der Waals surface area contributed by atoms with E-state index in [4.69, 9.17) is 9.47 Å². The van der Waals surface area contributed by atoms with Crippen molar-refractivity contribution in [3.8, 4) is 12.0 Å². The Morgan fingerprint density at radius 1 is 1.00 bits per heavy atom. The van der Waals surface area contributed by atoms with Gasteiger partial charge in [-0.1, -0.05) is 6.07 Å². The third-order valence-corrected chi connectivity index (χ3v) is 2.89. The van der Waals surface area contributed by atoms with Crippen molar-refractivity contribution in [3.05, 3.63) is 35.2 Å². The number of anilines is 1. The summed E-state index contributed by atoms with van der Waals surface area (Å²) in [7, 11) is 2.89. The van der Waals surface area contributed by atoms with Gasteiger partial charge in [-0.2, -0.15) is 9.97 Å². The highest BCUT2D eigenvalue weighted by molar-refractivity contribution is 5.89. The number of aromatic nitrogens is 3. The predicted molar refractivity (Wildman–Crippen MR) is 84.7 cm³/mol. The summed E-state index contributed by atoms with van der Waals surface area (Å²) >= 11 is 0. The van der Waals surface area contributed by atoms with Gasteiger partial charge < -0.3 is 20.1 Å². The van der Waals surface area contributed by atoms with Crippen molar-refractivity contribution in [1.29, 1.82) is 0 Å². The molecule has 2 rings (SSSR count). The standard InChI is InChI=1S/C15H19N5O3/c1-9-5-10(2)7-11(6-9)17-13(21)16-8-12-18-14(22-3)20-15(19-12)23-4/h5-7H,8H2,1-4H3,(H2,16,17,21). The number of carbonyl (C=O) groups excluding carboxylic acids is 1. The van der Waals surface area contributed by atoms with Crippen LogP contribution in [0.25, 0.3) is 0 Å². The van der Waals surface area contributed by atoms with E-state index in [-0.39, 0.29) is 24.6 Å². The molecular formula is C15H19N5O3. The number of benzene rings is 1. The average molecular weight is 317 g/mol. The predicted octanol–water partition coefficient (Wildman–Crippen LogP) is 1.83. The first-order valence-corrected chi connectivity index (χ1v) is 6.96. The zero-order valence-corrected chi connectivity index (χ0v) is 13.5. The molecular weight excluding hydrogens is 298 g/mol. The Labute approximate surface area is 134 Å². The molecule has 0 aliphatic heterocycles. The van der Waals surface area contributed by atoms with Crippen molar-refractivity contribution < 1.29 is 14.3 Å². The zero-order valence-electron chi connectivity index (χ0n) is 13.5. The quantitative estimate of drug-likeness (QED) is 0.873. The number of ether oxygens (including phenoxy) is 2. The highest BCUT2D eigenvalue weighted by atomic mass is 16.5. The monoisotopic (exact) mass is 317 g/mol. The summed E-state index contributed by atoms with van der Waals surface area (Å²) in [5, 5.41) is 5.44. The van der Waals surface area contributed by atoms with Gasteiger partial charge in [0.15, 0.2) is 5.82 Å². The molecule has 2 N–H and O–H groups in total. The molecule has 0 radical (unpaired) electrons. The molecule has 1 heterocycles. The molecule has 0 aliphatic rings. The van der Waals surface area contributed by atoms with Crippen molar-refractivity contribution in [3.63, 3.8) is 0 Å². The number of urea groups is 1. The summed E-state index contributed by atoms with van der Waals surface area (Å²) in [5.41, 5.74) is 2.88. The third kappa shape index (κ3) is 4.80. The summed E-state index contributed by atoms with van der Waals surface area (Å²) in [6, 6.07) is 5.72. The number of methoxy groups -OCH3 is 2. The Kier molecular flexibility index (Phi) is 5.29. The first-order chi connectivity index (χ1) is 11.0. The Morgan fingerprint density at radius 3 is 2.09 bits per heavy atom. The van der Waals surface area contributed by atoms with Gasteiger partial charge in [-0.15, -0.1) is 4.98 Å². The van der Waals surface area contributed by atoms with Crippen LogP contribution in [0, 0.1) is 13.8 Å². The van der Waals surface area contributed by atoms with E-state index in [9.17, 15) is 4.79 Å². The van der Waals surface area contributed by atoms with Crippen molar-refractivity contribution in [2.45, 2.75) is 20.4 Å². The lowest BCUT2D eigenvalue weighted by Crippen LogP contribution is -2.29. The smallest absolute Gasteiger partial charge is 0.322 e. The normalized spacial score (nSPS) is 10.1. The maximum Gasteiger partial charge on any atom is 0.322 e. The van der Waals surface area contributed by atoms with Crippen molar-refractivity contribution in [2.24, 2.45) is 0 Å². The largest absolute Gasteiger partial charge is 0.467 e. The van der Waals surface area contributed by atoms with Crippen LogP contribution in [0.3, 0.4) is 0 Å². The fourth-order valence-corrected chi connectivity index (χ4v) is 2.02. The summed E-state index contributed by atoms with van der Waals surface area (Å²) in [5.74, 6) is 0.337. The zero-order chi connectivity index (χ0) is 16.8. The van der Waals surface area contributed by atoms with Crippen LogP contribution in [0.5, 0.6) is 12.0 Å². The Balaban J connectivity index is 1.98. The van der Waals surface area contributed by atoms with Gasteiger partial charge in [-0.25, -0.2) is 4.79 Å². The minimum Gasteiger partial charge on any atom is -0.467 e. The van der Waals surface area contributed by atoms with Crippen LogP contribution in [0.1, 0.15) is 17.0 Å². The number of nitrogens with zero attached hydrogens (tertiary/aromatic N) is 3. The van der Waals surface area contributed by atoms with Crippen molar-refractivity contribution in [2.75, 3.05) is 19.5 Å². The topological polar surface area (TPSA) is 98.3 Å². The van der Waals surface area contributed by atoms with Crippen LogP contribution in [0.4, 0.5) is 10.5 Å². The Bertz CT molecular complexity index is 663. The minimum absolute atomic E-state index is 0.117. The van der Waals surface area contributed by atoms with Gasteiger partial charge >= 0.3 is 18.1 Å². The molecule has 0 aliphatic carbocycles. The van der Waals surface area contributed by atoms with E-state index in [0.29, 0.717) is 5.82 Å². The molecule has 1 aromatic carbocycles. The van der Waals surface area contributed by atoms with Gasteiger partial charge in [0.1, 0.15) is 0 Å². The van der Waals surface area contributed by atoms with Gasteiger partial charge in [0, 0.05) is 5.69 Å². The summed E-state index contributed by atoms with van der Waals surface area (Å²) < 4.78 is 9.91. The Hall–Kier alpha value is -2.90. The van der Waals surface area contributed by atoms with Gasteiger partial charge in [-0.3, -0.25) is 0 Å². The molecule has 8 nitrogen and oxygen atoms in total. The first kappa shape index (κ1) is 16.5. The maximum absolute atomic E-state index is 12.0. The molecule has 23 heavy (non-hydrogen) atoms. The maximum atomic E-state index is 12.0. The van der Waals surface area contributed by atoms with E-state index < -0.39 is 0 Å². The van der Waals surface area contributed by atoms with Crippen molar-refractivity contribution >= 4 is 11.7 Å². The SMILES string of the molecule is COc1nc(CNC(=O)Nc2cc(C)cc(C)c2)nc(OC)n1. The van der Waals surface area contributed by atoms with Gasteiger partial charge in [0.05, 0.1) is 20.8 Å². The first-order valence-electron chi connectivity index (χ1n) is 6.96. The third-order valence-electron chi connectivity index (χ3n) is 2.89. The molecule has 0 atom stereocenters. The lowest BCUT2D eigenvalue weighted by molar-refractivity contribution is 0.251. The van der Waals surface area contributed by atoms with Crippen molar-refractivity contribution in [1.82, 2.24) is 20.3 Å². The second-order valence-corrected chi connectivity index (χ2v) is 4.91. The molecule has 0 bridgehead atoms. The average Bonchev–Trinajstić information content (AvgIpc) is 2.51. The molecule has 0 saturated heterocycles. The van der Waals surface area contributed by atoms with E-state index in [0.717, 1.165) is 16.8 Å². The molecule has 0 spiro atoms. The lowest BCUT2D eigenvalue weighted by atomic mass is 10.1. The summed E-state index contributed by atoms with van der Waals surface area (Å²) in [6.45, 7) is 4.06. The molecule has 122 valence electrons. The van der Waals surface area contributed by atoms with Crippen LogP contribution in [0.15, 0.2) is 18.2 Å². The fourth-order valence-electron chi connectivity index (χ4n) is 2.02. The number of carbonyl (C=O) groups is 1. The van der Waals surface area contributed by atoms with Crippen LogP contribution in [-0.4, -0.2) is 35.2 Å². The number of aryl methyl sites for hydroxylation is 2. The highest BCUT2D eigenvalue weighted by Crippen LogP contribution is 2.13. The summed E-state index contributed by atoms with van der Waals surface area (Å²) in [4.78, 5) is 23.9. The summed E-state index contributed by atoms with van der Waals surface area (Å²) in [6.07, 6.45) is 0. The van der Waals surface area contributed by atoms with E-state index >= 15 is 0 Å². The van der Waals surface area contributed by atoms with Gasteiger partial charge in [-0.05, 0) is 37.1 Å². The fraction of sp³-hybridized carbons (Fsp3) is 0.333. The van der Waals surface area contributed by atoms with Crippen LogP contribution in [-0.2, 0) is 6.54 Å². The molecule has 8 heteroatoms. The van der Waals surface area contributed by atoms with E-state index in [1.54, 1.807) is 0 Å². The molecule has 0 fully saturated rings. The van der Waals surface area contributed by atoms with Crippen LogP contribution < -0.4 is 20.1 Å². The molecule has 1 aromatic heterocycles. The number of nitrogens with one attached hydrogen (secondary N) is 2. The van der Waals surface area contributed by atoms with E-state index in [1.165, 1.54) is 14.2 Å². The van der Waals surface area contributed by atoms with Gasteiger partial charge in [0.2, 0.25) is 0 Å². The van der Waals surface area contributed by atoms with Crippen LogP contribution >= 0.6 is 0 Å². The van der Waals surface area contributed by atoms with Gasteiger partial charge in [0.25, 0.3) is 0 Å². The molecule has 2 amide bonds. The number of hydrogen-bond acceptors (Lipinski definition) is 6. The minimum atomic E-state index is -0.353. The second-order valence-electron chi connectivity index (χ2n) is 4.91. The number of amides is 2. The molecule has 0 saturated carbocycles. The number of rotatable bonds is 5. The van der Waals surface area contributed by atoms with Crippen LogP contribution in [0.2, 0.25) is 0 Å². The van der Waals surface area contributed by atoms with E-state index in [2.05, 4.69) is 25.6 Å². The molecule has 0 unspecified atom stereocenters.